The molecule has 2 N–H and O–H groups in total. The molecular weight excluding hydrogens is 432 g/mol. The number of allylic oxidation sites excluding steroid dienone is 1. The van der Waals surface area contributed by atoms with Crippen LogP contribution >= 0.6 is 0 Å². The number of rotatable bonds is 9. The van der Waals surface area contributed by atoms with E-state index < -0.39 is 0 Å². The number of ether oxygens (including phenoxy) is 1. The van der Waals surface area contributed by atoms with E-state index in [0.717, 1.165) is 45.4 Å². The van der Waals surface area contributed by atoms with E-state index in [4.69, 9.17) is 4.74 Å². The van der Waals surface area contributed by atoms with Crippen LogP contribution in [0.25, 0.3) is 22.2 Å². The predicted octanol–water partition coefficient (Wildman–Crippen LogP) is 7.72. The molecule has 0 saturated heterocycles. The monoisotopic (exact) mass is 462 g/mol. The van der Waals surface area contributed by atoms with Gasteiger partial charge in [-0.2, -0.15) is 0 Å². The van der Waals surface area contributed by atoms with Gasteiger partial charge in [-0.15, -0.1) is 0 Å². The zero-order chi connectivity index (χ0) is 24.5. The summed E-state index contributed by atoms with van der Waals surface area (Å²) in [6.45, 7) is 4.27. The number of nitrogens with one attached hydrogen (secondary N) is 2. The maximum atomic E-state index is 12.3. The van der Waals surface area contributed by atoms with Gasteiger partial charge in [-0.3, -0.25) is 0 Å². The Labute approximate surface area is 207 Å². The Morgan fingerprint density at radius 3 is 1.71 bits per heavy atom. The molecule has 4 heteroatoms. The van der Waals surface area contributed by atoms with Crippen LogP contribution in [0.3, 0.4) is 0 Å². The molecular formula is C31H30N2O2. The van der Waals surface area contributed by atoms with Crippen LogP contribution in [0.15, 0.2) is 109 Å². The van der Waals surface area contributed by atoms with E-state index in [1.165, 1.54) is 6.08 Å². The van der Waals surface area contributed by atoms with Crippen molar-refractivity contribution in [3.63, 3.8) is 0 Å². The third-order valence-corrected chi connectivity index (χ3v) is 5.59. The highest BCUT2D eigenvalue weighted by atomic mass is 16.5. The van der Waals surface area contributed by atoms with Crippen molar-refractivity contribution in [3.05, 3.63) is 120 Å². The number of anilines is 2. The Kier molecular flexibility index (Phi) is 7.97. The van der Waals surface area contributed by atoms with Crippen LogP contribution in [0.1, 0.15) is 31.4 Å². The second-order valence-corrected chi connectivity index (χ2v) is 8.02. The number of esters is 1. The van der Waals surface area contributed by atoms with Gasteiger partial charge in [0.25, 0.3) is 0 Å². The molecule has 0 amide bonds. The molecule has 0 atom stereocenters. The average molecular weight is 463 g/mol. The maximum absolute atomic E-state index is 12.3. The van der Waals surface area contributed by atoms with Gasteiger partial charge in [-0.25, -0.2) is 4.79 Å². The Balaban J connectivity index is 1.72. The lowest BCUT2D eigenvalue weighted by Crippen LogP contribution is -2.06. The molecule has 0 spiro atoms. The molecule has 0 saturated carbocycles. The maximum Gasteiger partial charge on any atom is 0.332 e. The van der Waals surface area contributed by atoms with Gasteiger partial charge in [0.1, 0.15) is 0 Å². The molecule has 0 bridgehead atoms. The van der Waals surface area contributed by atoms with Gasteiger partial charge < -0.3 is 15.4 Å². The van der Waals surface area contributed by atoms with Gasteiger partial charge in [0.15, 0.2) is 0 Å². The number of hydrogen-bond acceptors (Lipinski definition) is 4. The van der Waals surface area contributed by atoms with E-state index in [-0.39, 0.29) is 5.97 Å². The van der Waals surface area contributed by atoms with E-state index >= 15 is 0 Å². The van der Waals surface area contributed by atoms with Crippen molar-refractivity contribution in [1.82, 2.24) is 0 Å². The van der Waals surface area contributed by atoms with Crippen molar-refractivity contribution in [1.29, 1.82) is 0 Å². The number of benzene rings is 4. The molecule has 176 valence electrons. The largest absolute Gasteiger partial charge is 0.463 e. The highest BCUT2D eigenvalue weighted by Crippen LogP contribution is 2.33. The first-order chi connectivity index (χ1) is 17.2. The fourth-order valence-electron chi connectivity index (χ4n) is 3.99. The van der Waals surface area contributed by atoms with Gasteiger partial charge in [-0.05, 0) is 36.6 Å². The van der Waals surface area contributed by atoms with E-state index in [9.17, 15) is 4.79 Å². The molecule has 4 aromatic carbocycles. The average Bonchev–Trinajstić information content (AvgIpc) is 2.89. The molecule has 4 aromatic rings. The zero-order valence-corrected chi connectivity index (χ0v) is 20.1. The molecule has 0 aliphatic carbocycles. The normalized spacial score (nSPS) is 11.8. The second-order valence-electron chi connectivity index (χ2n) is 8.02. The lowest BCUT2D eigenvalue weighted by Gasteiger charge is -2.17. The summed E-state index contributed by atoms with van der Waals surface area (Å²) in [5, 5.41) is 9.26. The van der Waals surface area contributed by atoms with Crippen LogP contribution in [0.5, 0.6) is 0 Å². The van der Waals surface area contributed by atoms with Crippen LogP contribution in [0.2, 0.25) is 0 Å². The summed E-state index contributed by atoms with van der Waals surface area (Å²) < 4.78 is 5.18. The lowest BCUT2D eigenvalue weighted by atomic mass is 10.0. The second kappa shape index (κ2) is 11.7. The fourth-order valence-corrected chi connectivity index (χ4v) is 3.99. The summed E-state index contributed by atoms with van der Waals surface area (Å²) in [6, 6.07) is 32.5. The first kappa shape index (κ1) is 23.8. The molecule has 0 unspecified atom stereocenters. The SMILES string of the molecule is CC/C=C(/Nc1cccc2c(N/C(=C/C(=O)OCC)c3ccccc3)cccc12)c1ccccc1. The van der Waals surface area contributed by atoms with Crippen LogP contribution < -0.4 is 10.6 Å². The molecule has 0 aliphatic heterocycles. The topological polar surface area (TPSA) is 50.4 Å². The first-order valence-corrected chi connectivity index (χ1v) is 11.9. The molecule has 0 fully saturated rings. The summed E-state index contributed by atoms with van der Waals surface area (Å²) in [7, 11) is 0. The van der Waals surface area contributed by atoms with Gasteiger partial charge in [0.05, 0.1) is 12.3 Å². The number of fused-ring (bicyclic) bond motifs is 1. The smallest absolute Gasteiger partial charge is 0.332 e. The molecule has 35 heavy (non-hydrogen) atoms. The minimum atomic E-state index is -0.376. The van der Waals surface area contributed by atoms with Crippen LogP contribution in [0, 0.1) is 0 Å². The van der Waals surface area contributed by atoms with E-state index in [2.05, 4.69) is 54.0 Å². The van der Waals surface area contributed by atoms with E-state index in [0.29, 0.717) is 12.3 Å². The number of carbonyl (C=O) groups excluding carboxylic acids is 1. The predicted molar refractivity (Wildman–Crippen MR) is 147 cm³/mol. The van der Waals surface area contributed by atoms with Gasteiger partial charge in [0, 0.05) is 33.9 Å². The quantitative estimate of drug-likeness (QED) is 0.197. The summed E-state index contributed by atoms with van der Waals surface area (Å²) in [4.78, 5) is 12.3. The fraction of sp³-hybridized carbons (Fsp3) is 0.129. The van der Waals surface area contributed by atoms with Crippen molar-refractivity contribution in [3.8, 4) is 0 Å². The van der Waals surface area contributed by atoms with Crippen LogP contribution in [0.4, 0.5) is 11.4 Å². The third-order valence-electron chi connectivity index (χ3n) is 5.59. The number of hydrogen-bond donors (Lipinski definition) is 2. The molecule has 0 aliphatic rings. The van der Waals surface area contributed by atoms with Crippen molar-refractivity contribution in [2.45, 2.75) is 20.3 Å². The molecule has 4 nitrogen and oxygen atoms in total. The number of carbonyl (C=O) groups is 1. The molecule has 0 heterocycles. The Bertz CT molecular complexity index is 1340. The van der Waals surface area contributed by atoms with Crippen molar-refractivity contribution < 1.29 is 9.53 Å². The molecule has 0 aromatic heterocycles. The molecule has 4 rings (SSSR count). The molecule has 0 radical (unpaired) electrons. The first-order valence-electron chi connectivity index (χ1n) is 11.9. The summed E-state index contributed by atoms with van der Waals surface area (Å²) in [5.41, 5.74) is 5.74. The van der Waals surface area contributed by atoms with Gasteiger partial charge in [-0.1, -0.05) is 97.9 Å². The minimum absolute atomic E-state index is 0.329. The van der Waals surface area contributed by atoms with Crippen LogP contribution in [-0.4, -0.2) is 12.6 Å². The van der Waals surface area contributed by atoms with E-state index in [1.54, 1.807) is 6.92 Å². The van der Waals surface area contributed by atoms with Crippen molar-refractivity contribution >= 4 is 39.5 Å². The summed E-state index contributed by atoms with van der Waals surface area (Å²) in [5.74, 6) is -0.376. The van der Waals surface area contributed by atoms with E-state index in [1.807, 2.05) is 66.7 Å². The summed E-state index contributed by atoms with van der Waals surface area (Å²) >= 11 is 0. The van der Waals surface area contributed by atoms with Crippen LogP contribution in [-0.2, 0) is 9.53 Å². The van der Waals surface area contributed by atoms with Crippen molar-refractivity contribution in [2.24, 2.45) is 0 Å². The zero-order valence-electron chi connectivity index (χ0n) is 20.1. The standard InChI is InChI=1S/C31H30N2O2/c1-3-13-27(23-14-7-5-8-15-23)32-28-20-11-19-26-25(28)18-12-21-29(26)33-30(22-31(34)35-4-2)24-16-9-6-10-17-24/h5-22,32-33H,3-4H2,1-2H3/b27-13+,30-22+. The Morgan fingerprint density at radius 1 is 0.686 bits per heavy atom. The Hall–Kier alpha value is -4.31. The van der Waals surface area contributed by atoms with Crippen molar-refractivity contribution in [2.75, 3.05) is 17.2 Å². The summed E-state index contributed by atoms with van der Waals surface area (Å²) in [6.07, 6.45) is 4.64. The highest BCUT2D eigenvalue weighted by molar-refractivity contribution is 6.06. The minimum Gasteiger partial charge on any atom is -0.463 e. The highest BCUT2D eigenvalue weighted by Gasteiger charge is 2.11. The van der Waals surface area contributed by atoms with Gasteiger partial charge >= 0.3 is 5.97 Å². The van der Waals surface area contributed by atoms with Gasteiger partial charge in [0.2, 0.25) is 0 Å². The Morgan fingerprint density at radius 2 is 1.20 bits per heavy atom. The lowest BCUT2D eigenvalue weighted by molar-refractivity contribution is -0.137. The third kappa shape index (κ3) is 5.98.